The van der Waals surface area contributed by atoms with Crippen molar-refractivity contribution in [3.8, 4) is 0 Å². The Morgan fingerprint density at radius 3 is 2.80 bits per heavy atom. The number of rotatable bonds is 0. The zero-order valence-corrected chi connectivity index (χ0v) is 10.3. The summed E-state index contributed by atoms with van der Waals surface area (Å²) in [5.41, 5.74) is 0. The first-order chi connectivity index (χ1) is 9.77. The van der Waals surface area contributed by atoms with Crippen LogP contribution in [0.4, 0.5) is 0 Å². The van der Waals surface area contributed by atoms with Crippen molar-refractivity contribution in [3.05, 3.63) is 45.7 Å². The molecule has 0 aliphatic carbocycles. The first-order valence-electron chi connectivity index (χ1n) is 7.04. The lowest BCUT2D eigenvalue weighted by Gasteiger charge is -1.96. The van der Waals surface area contributed by atoms with Gasteiger partial charge in [0.05, 0.1) is 22.4 Å². The molecule has 0 nitrogen and oxygen atoms in total. The van der Waals surface area contributed by atoms with Crippen molar-refractivity contribution in [2.75, 3.05) is 0 Å². The largest absolute Gasteiger partial charge is 0.134 e. The maximum Gasteiger partial charge on any atom is 0.0639 e. The van der Waals surface area contributed by atoms with Crippen LogP contribution in [0, 0.1) is 0 Å². The van der Waals surface area contributed by atoms with Crippen molar-refractivity contribution in [1.82, 2.24) is 0 Å². The Bertz CT molecular complexity index is 861. The van der Waals surface area contributed by atoms with Gasteiger partial charge in [0.15, 0.2) is 0 Å². The Morgan fingerprint density at radius 2 is 1.93 bits per heavy atom. The normalized spacial score (nSPS) is 16.9. The molecule has 0 amide bonds. The zero-order chi connectivity index (χ0) is 15.6. The highest BCUT2D eigenvalue weighted by Crippen LogP contribution is 2.40. The van der Waals surface area contributed by atoms with Crippen molar-refractivity contribution in [2.24, 2.45) is 0 Å². The van der Waals surface area contributed by atoms with Gasteiger partial charge in [-0.15, -0.1) is 11.3 Å². The van der Waals surface area contributed by atoms with Gasteiger partial charge in [-0.25, -0.2) is 0 Å². The van der Waals surface area contributed by atoms with E-state index >= 15 is 0 Å². The molecular formula is C12H6BrClS. The molecule has 3 aromatic rings. The van der Waals surface area contributed by atoms with E-state index < -0.39 is 0 Å². The lowest BCUT2D eigenvalue weighted by atomic mass is 10.1. The van der Waals surface area contributed by atoms with Gasteiger partial charge in [-0.2, -0.15) is 0 Å². The molecule has 74 valence electrons. The van der Waals surface area contributed by atoms with Gasteiger partial charge in [0.1, 0.15) is 0 Å². The summed E-state index contributed by atoms with van der Waals surface area (Å²) in [7, 11) is 0. The third kappa shape index (κ3) is 1.40. The minimum atomic E-state index is -0.343. The van der Waals surface area contributed by atoms with E-state index in [9.17, 15) is 0 Å². The molecule has 0 radical (unpaired) electrons. The van der Waals surface area contributed by atoms with E-state index in [0.717, 1.165) is 11.3 Å². The average Bonchev–Trinajstić information content (AvgIpc) is 2.87. The second-order valence-electron chi connectivity index (χ2n) is 2.89. The van der Waals surface area contributed by atoms with Gasteiger partial charge >= 0.3 is 0 Å². The number of hydrogen-bond donors (Lipinski definition) is 0. The van der Waals surface area contributed by atoms with Crippen LogP contribution in [-0.4, -0.2) is 0 Å². The summed E-state index contributed by atoms with van der Waals surface area (Å²) in [6.07, 6.45) is 0. The highest BCUT2D eigenvalue weighted by atomic mass is 79.9. The summed E-state index contributed by atoms with van der Waals surface area (Å²) in [4.78, 5) is 0. The molecule has 0 spiro atoms. The minimum Gasteiger partial charge on any atom is -0.134 e. The third-order valence-electron chi connectivity index (χ3n) is 2.02. The Hall–Kier alpha value is -0.570. The van der Waals surface area contributed by atoms with Gasteiger partial charge in [-0.1, -0.05) is 35.8 Å². The predicted molar refractivity (Wildman–Crippen MR) is 72.0 cm³/mol. The average molecular weight is 304 g/mol. The number of hydrogen-bond acceptors (Lipinski definition) is 1. The quantitative estimate of drug-likeness (QED) is 0.516. The lowest BCUT2D eigenvalue weighted by molar-refractivity contribution is 1.79. The lowest BCUT2D eigenvalue weighted by Crippen LogP contribution is -1.69. The van der Waals surface area contributed by atoms with Gasteiger partial charge in [0.2, 0.25) is 0 Å². The topological polar surface area (TPSA) is 0 Å². The molecule has 1 aromatic heterocycles. The van der Waals surface area contributed by atoms with Crippen LogP contribution in [0.3, 0.4) is 0 Å². The summed E-state index contributed by atoms with van der Waals surface area (Å²) in [6.45, 7) is 0. The first-order valence-corrected chi connectivity index (χ1v) is 6.02. The molecule has 0 saturated heterocycles. The van der Waals surface area contributed by atoms with Crippen LogP contribution in [0.5, 0.6) is 0 Å². The second-order valence-corrected chi connectivity index (χ2v) is 5.08. The molecule has 0 saturated carbocycles. The molecular weight excluding hydrogens is 292 g/mol. The number of halogens is 2. The van der Waals surface area contributed by atoms with Crippen LogP contribution in [0.2, 0.25) is 5.02 Å². The van der Waals surface area contributed by atoms with E-state index in [4.69, 9.17) is 19.8 Å². The van der Waals surface area contributed by atoms with Gasteiger partial charge in [0.25, 0.3) is 0 Å². The molecule has 15 heavy (non-hydrogen) atoms. The fraction of sp³-hybridized carbons (Fsp3) is 0. The monoisotopic (exact) mass is 302 g/mol. The van der Waals surface area contributed by atoms with Crippen LogP contribution in [0.15, 0.2) is 40.7 Å². The van der Waals surface area contributed by atoms with E-state index in [1.165, 1.54) is 0 Å². The van der Waals surface area contributed by atoms with Crippen LogP contribution >= 0.6 is 38.9 Å². The van der Waals surface area contributed by atoms with E-state index in [1.807, 2.05) is 0 Å². The van der Waals surface area contributed by atoms with Crippen molar-refractivity contribution in [1.29, 1.82) is 0 Å². The van der Waals surface area contributed by atoms with Crippen LogP contribution in [0.1, 0.15) is 8.22 Å². The van der Waals surface area contributed by atoms with Crippen LogP contribution in [-0.2, 0) is 0 Å². The van der Waals surface area contributed by atoms with E-state index in [1.54, 1.807) is 0 Å². The smallest absolute Gasteiger partial charge is 0.0639 e. The van der Waals surface area contributed by atoms with Crippen molar-refractivity contribution in [3.63, 3.8) is 0 Å². The zero-order valence-electron chi connectivity index (χ0n) is 13.2. The SMILES string of the molecule is [2H]c1c([2H])c([2H])c2c(sc3c(Br)c(Cl)c([2H])c([2H])c32)c1[2H]. The summed E-state index contributed by atoms with van der Waals surface area (Å²) in [5.74, 6) is 0. The van der Waals surface area contributed by atoms with Crippen molar-refractivity contribution < 1.29 is 8.22 Å². The first kappa shape index (κ1) is 5.17. The molecule has 0 aliphatic heterocycles. The highest BCUT2D eigenvalue weighted by molar-refractivity contribution is 9.10. The Kier molecular flexibility index (Phi) is 1.20. The van der Waals surface area contributed by atoms with Crippen LogP contribution < -0.4 is 0 Å². The fourth-order valence-corrected chi connectivity index (χ4v) is 3.11. The van der Waals surface area contributed by atoms with Crippen molar-refractivity contribution >= 4 is 59.0 Å². The molecule has 2 aromatic carbocycles. The molecule has 0 fully saturated rings. The fourth-order valence-electron chi connectivity index (χ4n) is 1.37. The molecule has 0 bridgehead atoms. The predicted octanol–water partition coefficient (Wildman–Crippen LogP) is 5.47. The maximum atomic E-state index is 8.08. The Labute approximate surface area is 113 Å². The van der Waals surface area contributed by atoms with E-state index in [0.29, 0.717) is 19.3 Å². The van der Waals surface area contributed by atoms with E-state index in [-0.39, 0.29) is 46.7 Å². The third-order valence-corrected chi connectivity index (χ3v) is 4.71. The molecule has 0 N–H and O–H groups in total. The van der Waals surface area contributed by atoms with E-state index in [2.05, 4.69) is 15.9 Å². The summed E-state index contributed by atoms with van der Waals surface area (Å²) in [5, 5.41) is 0.717. The van der Waals surface area contributed by atoms with Gasteiger partial charge < -0.3 is 0 Å². The Morgan fingerprint density at radius 1 is 1.13 bits per heavy atom. The summed E-state index contributed by atoms with van der Waals surface area (Å²) in [6, 6.07) is -1.28. The van der Waals surface area contributed by atoms with Crippen LogP contribution in [0.25, 0.3) is 20.2 Å². The number of benzene rings is 2. The second kappa shape index (κ2) is 3.48. The Balaban J connectivity index is 2.73. The standard InChI is InChI=1S/C12H6BrClS/c13-11-9(14)6-5-8-7-3-1-2-4-10(7)15-12(8)11/h1-6H/i1D,2D,3D,4D,5D,6D. The summed E-state index contributed by atoms with van der Waals surface area (Å²) >= 11 is 10.4. The molecule has 3 rings (SSSR count). The van der Waals surface area contributed by atoms with Gasteiger partial charge in [-0.05, 0) is 28.0 Å². The molecule has 0 aliphatic rings. The molecule has 0 atom stereocenters. The highest BCUT2D eigenvalue weighted by Gasteiger charge is 2.09. The van der Waals surface area contributed by atoms with Gasteiger partial charge in [-0.3, -0.25) is 0 Å². The summed E-state index contributed by atoms with van der Waals surface area (Å²) < 4.78 is 48.8. The maximum absolute atomic E-state index is 8.08. The minimum absolute atomic E-state index is 0.106. The number of fused-ring (bicyclic) bond motifs is 3. The number of thiophene rings is 1. The van der Waals surface area contributed by atoms with Crippen molar-refractivity contribution in [2.45, 2.75) is 0 Å². The molecule has 3 heteroatoms. The molecule has 0 unspecified atom stereocenters. The van der Waals surface area contributed by atoms with Gasteiger partial charge in [0, 0.05) is 15.5 Å². The molecule has 1 heterocycles.